The van der Waals surface area contributed by atoms with Crippen molar-refractivity contribution in [1.82, 2.24) is 20.5 Å². The molecule has 4 atom stereocenters. The highest BCUT2D eigenvalue weighted by Crippen LogP contribution is 2.30. The predicted octanol–water partition coefficient (Wildman–Crippen LogP) is 4.67. The van der Waals surface area contributed by atoms with Crippen molar-refractivity contribution in [2.75, 3.05) is 32.9 Å². The predicted molar refractivity (Wildman–Crippen MR) is 199 cm³/mol. The standard InChI is InChI=1S/C42H54N4O6/c1-30(2)25-37(39(48)42(3)29-52-42)44-41(50)38(27-33-17-19-43-20-18-33)45-40(49)35(14-13-31-7-5-4-6-8-31)15-16-36(47)26-32-9-11-34(12-10-32)28-46-21-23-51-24-22-46/h4-12,17-20,30,35,37-38H,13-16,21-29H2,1-3H3,(H,44,50)(H,45,49)/t35-,37?,38+,42-/m1/s1. The Morgan fingerprint density at radius 1 is 0.808 bits per heavy atom. The van der Waals surface area contributed by atoms with Crippen LogP contribution in [0.5, 0.6) is 0 Å². The molecule has 0 aliphatic carbocycles. The van der Waals surface area contributed by atoms with Gasteiger partial charge in [0.1, 0.15) is 17.4 Å². The molecular formula is C42H54N4O6. The Morgan fingerprint density at radius 3 is 2.12 bits per heavy atom. The van der Waals surface area contributed by atoms with Crippen molar-refractivity contribution in [2.45, 2.75) is 89.9 Å². The average Bonchev–Trinajstić information content (AvgIpc) is 3.90. The number of aromatic nitrogens is 1. The molecule has 2 aromatic carbocycles. The van der Waals surface area contributed by atoms with E-state index in [1.165, 1.54) is 5.56 Å². The van der Waals surface area contributed by atoms with Crippen LogP contribution < -0.4 is 10.6 Å². The van der Waals surface area contributed by atoms with Gasteiger partial charge < -0.3 is 20.1 Å². The van der Waals surface area contributed by atoms with Gasteiger partial charge in [-0.2, -0.15) is 0 Å². The number of hydrogen-bond donors (Lipinski definition) is 2. The SMILES string of the molecule is CC(C)CC(NC(=O)[C@H](Cc1ccncc1)NC(=O)[C@@H](CCC(=O)Cc1ccc(CN2CCOCC2)cc1)CCc1ccccc1)C(=O)[C@@]1(C)CO1. The first kappa shape index (κ1) is 39.0. The van der Waals surface area contributed by atoms with Gasteiger partial charge in [0.25, 0.3) is 0 Å². The molecule has 0 bridgehead atoms. The lowest BCUT2D eigenvalue weighted by Gasteiger charge is -2.26. The number of benzene rings is 2. The van der Waals surface area contributed by atoms with Crippen molar-refractivity contribution in [2.24, 2.45) is 11.8 Å². The van der Waals surface area contributed by atoms with E-state index in [2.05, 4.69) is 32.7 Å². The Balaban J connectivity index is 1.25. The molecule has 2 aliphatic rings. The van der Waals surface area contributed by atoms with Crippen LogP contribution in [0.4, 0.5) is 0 Å². The third-order valence-corrected chi connectivity index (χ3v) is 9.96. The van der Waals surface area contributed by atoms with Crippen molar-refractivity contribution < 1.29 is 28.7 Å². The first-order chi connectivity index (χ1) is 25.1. The molecule has 0 radical (unpaired) electrons. The fraction of sp³-hybridized carbons (Fsp3) is 0.500. The number of epoxide rings is 1. The number of Topliss-reactive ketones (excluding diaryl/α,β-unsaturated/α-hetero) is 2. The minimum atomic E-state index is -0.934. The van der Waals surface area contributed by atoms with Crippen LogP contribution in [0.25, 0.3) is 0 Å². The van der Waals surface area contributed by atoms with E-state index in [9.17, 15) is 19.2 Å². The number of aryl methyl sites for hydroxylation is 1. The summed E-state index contributed by atoms with van der Waals surface area (Å²) in [6, 6.07) is 20.1. The molecule has 3 aromatic rings. The second-order valence-electron chi connectivity index (χ2n) is 14.9. The summed E-state index contributed by atoms with van der Waals surface area (Å²) in [4.78, 5) is 61.1. The third-order valence-electron chi connectivity index (χ3n) is 9.96. The number of rotatable bonds is 20. The molecule has 2 aliphatic heterocycles. The maximum Gasteiger partial charge on any atom is 0.243 e. The van der Waals surface area contributed by atoms with E-state index in [-0.39, 0.29) is 36.2 Å². The largest absolute Gasteiger partial charge is 0.379 e. The Kier molecular flexibility index (Phi) is 14.2. The van der Waals surface area contributed by atoms with E-state index in [0.717, 1.165) is 49.5 Å². The van der Waals surface area contributed by atoms with Crippen molar-refractivity contribution in [3.63, 3.8) is 0 Å². The van der Waals surface area contributed by atoms with Gasteiger partial charge in [0.15, 0.2) is 5.78 Å². The van der Waals surface area contributed by atoms with E-state index >= 15 is 0 Å². The zero-order valence-electron chi connectivity index (χ0n) is 30.9. The van der Waals surface area contributed by atoms with E-state index < -0.39 is 29.5 Å². The van der Waals surface area contributed by atoms with Gasteiger partial charge in [-0.05, 0) is 72.9 Å². The third kappa shape index (κ3) is 12.2. The molecule has 0 saturated carbocycles. The Morgan fingerprint density at radius 2 is 1.46 bits per heavy atom. The quantitative estimate of drug-likeness (QED) is 0.162. The van der Waals surface area contributed by atoms with Crippen LogP contribution in [0.2, 0.25) is 0 Å². The van der Waals surface area contributed by atoms with Crippen LogP contribution >= 0.6 is 0 Å². The van der Waals surface area contributed by atoms with Gasteiger partial charge in [0, 0.05) is 57.2 Å². The molecule has 3 heterocycles. The van der Waals surface area contributed by atoms with Crippen LogP contribution in [0.15, 0.2) is 79.1 Å². The van der Waals surface area contributed by atoms with Crippen LogP contribution in [-0.2, 0) is 54.5 Å². The minimum absolute atomic E-state index is 0.0651. The molecule has 1 aromatic heterocycles. The normalized spacial score (nSPS) is 19.0. The summed E-state index contributed by atoms with van der Waals surface area (Å²) in [5, 5.41) is 5.99. The molecule has 0 spiro atoms. The summed E-state index contributed by atoms with van der Waals surface area (Å²) in [6.07, 6.45) is 6.05. The highest BCUT2D eigenvalue weighted by Gasteiger charge is 2.50. The van der Waals surface area contributed by atoms with E-state index in [0.29, 0.717) is 38.7 Å². The topological polar surface area (TPSA) is 130 Å². The number of nitrogens with zero attached hydrogens (tertiary/aromatic N) is 2. The van der Waals surface area contributed by atoms with Crippen LogP contribution in [0.3, 0.4) is 0 Å². The zero-order valence-corrected chi connectivity index (χ0v) is 30.9. The molecule has 2 N–H and O–H groups in total. The first-order valence-corrected chi connectivity index (χ1v) is 18.7. The average molecular weight is 711 g/mol. The number of carbonyl (C=O) groups is 4. The van der Waals surface area contributed by atoms with Crippen LogP contribution in [0, 0.1) is 11.8 Å². The van der Waals surface area contributed by atoms with Gasteiger partial charge in [-0.3, -0.25) is 29.1 Å². The highest BCUT2D eigenvalue weighted by atomic mass is 16.6. The molecule has 2 saturated heterocycles. The second kappa shape index (κ2) is 19.0. The maximum atomic E-state index is 14.1. The Bertz CT molecular complexity index is 1600. The van der Waals surface area contributed by atoms with Crippen molar-refractivity contribution in [3.8, 4) is 0 Å². The van der Waals surface area contributed by atoms with Gasteiger partial charge >= 0.3 is 0 Å². The monoisotopic (exact) mass is 710 g/mol. The van der Waals surface area contributed by atoms with Crippen molar-refractivity contribution >= 4 is 23.4 Å². The van der Waals surface area contributed by atoms with Crippen molar-refractivity contribution in [1.29, 1.82) is 0 Å². The van der Waals surface area contributed by atoms with Crippen LogP contribution in [0.1, 0.15) is 68.7 Å². The Labute approximate surface area is 308 Å². The number of nitrogens with one attached hydrogen (secondary N) is 2. The molecule has 1 unspecified atom stereocenters. The maximum absolute atomic E-state index is 14.1. The van der Waals surface area contributed by atoms with Gasteiger partial charge in [0.2, 0.25) is 11.8 Å². The Hall–Kier alpha value is -4.25. The second-order valence-corrected chi connectivity index (χ2v) is 14.9. The van der Waals surface area contributed by atoms with Crippen LogP contribution in [-0.4, -0.2) is 83.9 Å². The van der Waals surface area contributed by atoms with E-state index in [4.69, 9.17) is 9.47 Å². The number of carbonyl (C=O) groups excluding carboxylic acids is 4. The van der Waals surface area contributed by atoms with E-state index in [1.807, 2.05) is 68.4 Å². The number of ether oxygens (including phenoxy) is 2. The summed E-state index contributed by atoms with van der Waals surface area (Å²) in [7, 11) is 0. The number of hydrogen-bond acceptors (Lipinski definition) is 8. The molecule has 10 nitrogen and oxygen atoms in total. The number of pyridine rings is 1. The number of amides is 2. The lowest BCUT2D eigenvalue weighted by molar-refractivity contribution is -0.134. The molecule has 10 heteroatoms. The molecule has 52 heavy (non-hydrogen) atoms. The molecule has 278 valence electrons. The fourth-order valence-electron chi connectivity index (χ4n) is 6.67. The molecule has 5 rings (SSSR count). The van der Waals surface area contributed by atoms with Gasteiger partial charge in [-0.1, -0.05) is 68.4 Å². The molecule has 2 fully saturated rings. The smallest absolute Gasteiger partial charge is 0.243 e. The van der Waals surface area contributed by atoms with Gasteiger partial charge in [-0.25, -0.2) is 0 Å². The fourth-order valence-corrected chi connectivity index (χ4v) is 6.67. The first-order valence-electron chi connectivity index (χ1n) is 18.7. The van der Waals surface area contributed by atoms with Gasteiger partial charge in [0.05, 0.1) is 25.9 Å². The molecular weight excluding hydrogens is 656 g/mol. The summed E-state index contributed by atoms with van der Waals surface area (Å²) in [5.74, 6) is -1.15. The number of ketones is 2. The highest BCUT2D eigenvalue weighted by molar-refractivity contribution is 5.98. The summed E-state index contributed by atoms with van der Waals surface area (Å²) in [6.45, 7) is 10.3. The minimum Gasteiger partial charge on any atom is -0.379 e. The lowest BCUT2D eigenvalue weighted by Crippen LogP contribution is -2.55. The summed E-state index contributed by atoms with van der Waals surface area (Å²) < 4.78 is 10.9. The van der Waals surface area contributed by atoms with E-state index in [1.54, 1.807) is 19.3 Å². The van der Waals surface area contributed by atoms with Crippen molar-refractivity contribution in [3.05, 3.63) is 101 Å². The number of morpholine rings is 1. The summed E-state index contributed by atoms with van der Waals surface area (Å²) in [5.41, 5.74) is 3.19. The van der Waals surface area contributed by atoms with Gasteiger partial charge in [-0.15, -0.1) is 0 Å². The molecule has 2 amide bonds. The summed E-state index contributed by atoms with van der Waals surface area (Å²) >= 11 is 0. The zero-order chi connectivity index (χ0) is 36.9. The lowest BCUT2D eigenvalue weighted by atomic mass is 9.91.